The van der Waals surface area contributed by atoms with Gasteiger partial charge in [-0.05, 0) is 13.8 Å². The number of oxazole rings is 1. The van der Waals surface area contributed by atoms with Gasteiger partial charge in [0.1, 0.15) is 5.54 Å². The first kappa shape index (κ1) is 10.9. The van der Waals surface area contributed by atoms with Crippen molar-refractivity contribution in [1.82, 2.24) is 20.0 Å². The minimum absolute atomic E-state index is 0.287. The van der Waals surface area contributed by atoms with Crippen molar-refractivity contribution in [2.45, 2.75) is 39.2 Å². The highest BCUT2D eigenvalue weighted by molar-refractivity contribution is 5.08. The lowest BCUT2D eigenvalue weighted by Gasteiger charge is -2.20. The summed E-state index contributed by atoms with van der Waals surface area (Å²) in [5, 5.41) is 8.27. The second-order valence-electron chi connectivity index (χ2n) is 4.59. The molecule has 5 heteroatoms. The Morgan fingerprint density at radius 2 is 1.88 bits per heavy atom. The van der Waals surface area contributed by atoms with Gasteiger partial charge in [0.05, 0.1) is 18.6 Å². The number of hydrogen-bond acceptors (Lipinski definition) is 4. The van der Waals surface area contributed by atoms with Crippen molar-refractivity contribution in [2.75, 3.05) is 0 Å². The van der Waals surface area contributed by atoms with Crippen molar-refractivity contribution < 1.29 is 4.42 Å². The van der Waals surface area contributed by atoms with Crippen LogP contribution in [0.5, 0.6) is 0 Å². The summed E-state index contributed by atoms with van der Waals surface area (Å²) < 4.78 is 5.72. The Labute approximate surface area is 94.5 Å². The van der Waals surface area contributed by atoms with Gasteiger partial charge in [0, 0.05) is 5.92 Å². The van der Waals surface area contributed by atoms with Crippen LogP contribution in [0.2, 0.25) is 0 Å². The lowest BCUT2D eigenvalue weighted by molar-refractivity contribution is 0.270. The maximum atomic E-state index is 5.72. The van der Waals surface area contributed by atoms with Crippen LogP contribution in [0.1, 0.15) is 45.3 Å². The Kier molecular flexibility index (Phi) is 2.53. The van der Waals surface area contributed by atoms with Crippen LogP contribution in [0.25, 0.3) is 0 Å². The zero-order valence-electron chi connectivity index (χ0n) is 10.0. The van der Waals surface area contributed by atoms with Crippen LogP contribution in [0, 0.1) is 0 Å². The molecule has 0 N–H and O–H groups in total. The number of aromatic nitrogens is 4. The Morgan fingerprint density at radius 1 is 1.25 bits per heavy atom. The summed E-state index contributed by atoms with van der Waals surface area (Å²) in [7, 11) is 0. The number of rotatable bonds is 3. The predicted molar refractivity (Wildman–Crippen MR) is 59.0 cm³/mol. The van der Waals surface area contributed by atoms with Crippen molar-refractivity contribution in [3.8, 4) is 0 Å². The molecule has 0 aliphatic rings. The standard InChI is InChI=1S/C11H16N4O/c1-8(2)10-12-7-9(16-10)11(3,4)15-13-5-6-14-15/h5-8H,1-4H3. The molecule has 2 aromatic rings. The first-order valence-corrected chi connectivity index (χ1v) is 5.35. The van der Waals surface area contributed by atoms with E-state index in [-0.39, 0.29) is 5.92 Å². The van der Waals surface area contributed by atoms with Gasteiger partial charge in [0.2, 0.25) is 0 Å². The smallest absolute Gasteiger partial charge is 0.197 e. The third-order valence-corrected chi connectivity index (χ3v) is 2.54. The van der Waals surface area contributed by atoms with Gasteiger partial charge < -0.3 is 4.42 Å². The molecule has 0 saturated carbocycles. The fourth-order valence-corrected chi connectivity index (χ4v) is 1.44. The maximum Gasteiger partial charge on any atom is 0.197 e. The molecule has 0 spiro atoms. The zero-order chi connectivity index (χ0) is 11.8. The van der Waals surface area contributed by atoms with E-state index in [4.69, 9.17) is 4.42 Å². The summed E-state index contributed by atoms with van der Waals surface area (Å²) >= 11 is 0. The molecule has 0 atom stereocenters. The van der Waals surface area contributed by atoms with Gasteiger partial charge in [-0.1, -0.05) is 13.8 Å². The van der Waals surface area contributed by atoms with Crippen molar-refractivity contribution >= 4 is 0 Å². The van der Waals surface area contributed by atoms with Crippen LogP contribution < -0.4 is 0 Å². The van der Waals surface area contributed by atoms with Crippen LogP contribution in [-0.4, -0.2) is 20.0 Å². The molecule has 0 fully saturated rings. The van der Waals surface area contributed by atoms with Gasteiger partial charge in [-0.15, -0.1) is 0 Å². The first-order valence-electron chi connectivity index (χ1n) is 5.35. The third kappa shape index (κ3) is 1.73. The highest BCUT2D eigenvalue weighted by atomic mass is 16.4. The minimum atomic E-state index is -0.413. The van der Waals surface area contributed by atoms with Crippen molar-refractivity contribution in [3.63, 3.8) is 0 Å². The summed E-state index contributed by atoms with van der Waals surface area (Å²) in [5.74, 6) is 1.80. The second-order valence-corrected chi connectivity index (χ2v) is 4.59. The van der Waals surface area contributed by atoms with E-state index in [9.17, 15) is 0 Å². The van der Waals surface area contributed by atoms with Crippen molar-refractivity contribution in [1.29, 1.82) is 0 Å². The van der Waals surface area contributed by atoms with E-state index in [1.54, 1.807) is 23.4 Å². The van der Waals surface area contributed by atoms with Gasteiger partial charge in [0.25, 0.3) is 0 Å². The van der Waals surface area contributed by atoms with Crippen molar-refractivity contribution in [3.05, 3.63) is 30.2 Å². The van der Waals surface area contributed by atoms with E-state index < -0.39 is 5.54 Å². The summed E-state index contributed by atoms with van der Waals surface area (Å²) in [5.41, 5.74) is -0.413. The molecule has 16 heavy (non-hydrogen) atoms. The molecule has 86 valence electrons. The Bertz CT molecular complexity index is 456. The maximum absolute atomic E-state index is 5.72. The van der Waals surface area contributed by atoms with Gasteiger partial charge in [-0.3, -0.25) is 0 Å². The number of nitrogens with zero attached hydrogens (tertiary/aromatic N) is 4. The fraction of sp³-hybridized carbons (Fsp3) is 0.545. The Hall–Kier alpha value is -1.65. The SMILES string of the molecule is CC(C)c1ncc(C(C)(C)n2nccn2)o1. The lowest BCUT2D eigenvalue weighted by atomic mass is 10.0. The van der Waals surface area contributed by atoms with Crippen molar-refractivity contribution in [2.24, 2.45) is 0 Å². The van der Waals surface area contributed by atoms with Crippen LogP contribution >= 0.6 is 0 Å². The summed E-state index contributed by atoms with van der Waals surface area (Å²) in [6.45, 7) is 8.10. The Morgan fingerprint density at radius 3 is 2.38 bits per heavy atom. The molecule has 2 rings (SSSR count). The molecule has 0 saturated heterocycles. The molecular formula is C11H16N4O. The first-order chi connectivity index (χ1) is 7.51. The molecule has 2 heterocycles. The minimum Gasteiger partial charge on any atom is -0.443 e. The third-order valence-electron chi connectivity index (χ3n) is 2.54. The fourth-order valence-electron chi connectivity index (χ4n) is 1.44. The molecule has 0 radical (unpaired) electrons. The van der Waals surface area contributed by atoms with Crippen LogP contribution in [-0.2, 0) is 5.54 Å². The molecule has 0 bridgehead atoms. The monoisotopic (exact) mass is 220 g/mol. The molecule has 2 aromatic heterocycles. The molecule has 0 unspecified atom stereocenters. The summed E-state index contributed by atoms with van der Waals surface area (Å²) in [6.07, 6.45) is 5.06. The largest absolute Gasteiger partial charge is 0.443 e. The number of hydrogen-bond donors (Lipinski definition) is 0. The Balaban J connectivity index is 2.36. The highest BCUT2D eigenvalue weighted by Gasteiger charge is 2.29. The normalized spacial score (nSPS) is 12.3. The van der Waals surface area contributed by atoms with E-state index in [1.807, 2.05) is 13.8 Å². The predicted octanol–water partition coefficient (Wildman–Crippen LogP) is 2.17. The molecule has 0 aliphatic carbocycles. The zero-order valence-corrected chi connectivity index (χ0v) is 10.0. The van der Waals surface area contributed by atoms with Gasteiger partial charge in [0.15, 0.2) is 11.7 Å². The van der Waals surface area contributed by atoms with Crippen LogP contribution in [0.4, 0.5) is 0 Å². The summed E-state index contributed by atoms with van der Waals surface area (Å²) in [6, 6.07) is 0. The van der Waals surface area contributed by atoms with E-state index >= 15 is 0 Å². The molecule has 0 aliphatic heterocycles. The van der Waals surface area contributed by atoms with E-state index in [0.29, 0.717) is 0 Å². The second kappa shape index (κ2) is 3.73. The quantitative estimate of drug-likeness (QED) is 0.795. The molecule has 0 amide bonds. The van der Waals surface area contributed by atoms with Gasteiger partial charge >= 0.3 is 0 Å². The average Bonchev–Trinajstić information content (AvgIpc) is 2.90. The van der Waals surface area contributed by atoms with Crippen LogP contribution in [0.3, 0.4) is 0 Å². The average molecular weight is 220 g/mol. The summed E-state index contributed by atoms with van der Waals surface area (Å²) in [4.78, 5) is 5.88. The van der Waals surface area contributed by atoms with E-state index in [2.05, 4.69) is 29.0 Å². The van der Waals surface area contributed by atoms with E-state index in [1.165, 1.54) is 0 Å². The molecular weight excluding hydrogens is 204 g/mol. The lowest BCUT2D eigenvalue weighted by Crippen LogP contribution is -2.29. The highest BCUT2D eigenvalue weighted by Crippen LogP contribution is 2.26. The van der Waals surface area contributed by atoms with Gasteiger partial charge in [-0.25, -0.2) is 4.98 Å². The van der Waals surface area contributed by atoms with Crippen LogP contribution in [0.15, 0.2) is 23.0 Å². The molecule has 0 aromatic carbocycles. The van der Waals surface area contributed by atoms with Gasteiger partial charge in [-0.2, -0.15) is 15.0 Å². The van der Waals surface area contributed by atoms with E-state index in [0.717, 1.165) is 11.7 Å². The molecule has 5 nitrogen and oxygen atoms in total. The topological polar surface area (TPSA) is 56.7 Å².